The van der Waals surface area contributed by atoms with E-state index >= 15 is 0 Å². The molecule has 4 nitrogen and oxygen atoms in total. The molecule has 1 aromatic rings. The number of imidazole rings is 1. The van der Waals surface area contributed by atoms with Crippen LogP contribution in [0.2, 0.25) is 0 Å². The lowest BCUT2D eigenvalue weighted by Crippen LogP contribution is -2.41. The van der Waals surface area contributed by atoms with Crippen molar-refractivity contribution in [1.29, 1.82) is 0 Å². The third kappa shape index (κ3) is 3.06. The smallest absolute Gasteiger partial charge is 0.124 e. The number of aromatic nitrogens is 2. The van der Waals surface area contributed by atoms with Gasteiger partial charge in [0, 0.05) is 32.0 Å². The van der Waals surface area contributed by atoms with Gasteiger partial charge in [-0.15, -0.1) is 0 Å². The van der Waals surface area contributed by atoms with Crippen molar-refractivity contribution in [2.75, 3.05) is 13.1 Å². The summed E-state index contributed by atoms with van der Waals surface area (Å²) in [5.41, 5.74) is 3.47. The van der Waals surface area contributed by atoms with Crippen LogP contribution in [-0.2, 0) is 13.1 Å². The summed E-state index contributed by atoms with van der Waals surface area (Å²) in [6, 6.07) is 0. The van der Waals surface area contributed by atoms with Gasteiger partial charge in [-0.05, 0) is 19.3 Å². The number of aryl methyl sites for hydroxylation is 1. The molecule has 0 amide bonds. The van der Waals surface area contributed by atoms with Gasteiger partial charge >= 0.3 is 0 Å². The van der Waals surface area contributed by atoms with Crippen molar-refractivity contribution in [3.05, 3.63) is 18.2 Å². The predicted octanol–water partition coefficient (Wildman–Crippen LogP) is 1.78. The molecule has 0 radical (unpaired) electrons. The molecule has 2 rings (SSSR count). The molecule has 1 saturated heterocycles. The number of nitrogens with zero attached hydrogens (tertiary/aromatic N) is 3. The first-order valence-electron chi connectivity index (χ1n) is 6.38. The maximum atomic E-state index is 4.39. The Balaban J connectivity index is 1.81. The van der Waals surface area contributed by atoms with E-state index in [9.17, 15) is 0 Å². The monoisotopic (exact) mass is 222 g/mol. The lowest BCUT2D eigenvalue weighted by atomic mass is 10.2. The highest BCUT2D eigenvalue weighted by atomic mass is 15.5. The van der Waals surface area contributed by atoms with Crippen LogP contribution in [0.5, 0.6) is 0 Å². The van der Waals surface area contributed by atoms with Crippen LogP contribution in [0.4, 0.5) is 0 Å². The van der Waals surface area contributed by atoms with Gasteiger partial charge in [-0.1, -0.05) is 13.3 Å². The Morgan fingerprint density at radius 2 is 2.12 bits per heavy atom. The SMILES string of the molecule is CCCn1ccnc1CNN1CCCCC1. The van der Waals surface area contributed by atoms with Crippen LogP contribution >= 0.6 is 0 Å². The Morgan fingerprint density at radius 1 is 1.31 bits per heavy atom. The summed E-state index contributed by atoms with van der Waals surface area (Å²) in [6.45, 7) is 6.47. The highest BCUT2D eigenvalue weighted by Gasteiger charge is 2.10. The average Bonchev–Trinajstić information content (AvgIpc) is 2.76. The van der Waals surface area contributed by atoms with E-state index < -0.39 is 0 Å². The zero-order chi connectivity index (χ0) is 11.2. The normalized spacial score (nSPS) is 17.8. The Kier molecular flexibility index (Phi) is 4.36. The first-order chi connectivity index (χ1) is 7.90. The zero-order valence-corrected chi connectivity index (χ0v) is 10.2. The van der Waals surface area contributed by atoms with Gasteiger partial charge in [-0.3, -0.25) is 0 Å². The van der Waals surface area contributed by atoms with Crippen molar-refractivity contribution >= 4 is 0 Å². The fraction of sp³-hybridized carbons (Fsp3) is 0.750. The van der Waals surface area contributed by atoms with Gasteiger partial charge in [0.2, 0.25) is 0 Å². The van der Waals surface area contributed by atoms with Crippen molar-refractivity contribution in [2.45, 2.75) is 45.7 Å². The quantitative estimate of drug-likeness (QED) is 0.824. The number of hydrogen-bond donors (Lipinski definition) is 1. The van der Waals surface area contributed by atoms with Crippen LogP contribution < -0.4 is 5.43 Å². The highest BCUT2D eigenvalue weighted by Crippen LogP contribution is 2.07. The Labute approximate surface area is 97.6 Å². The second kappa shape index (κ2) is 6.01. The first-order valence-corrected chi connectivity index (χ1v) is 6.38. The number of piperidine rings is 1. The van der Waals surface area contributed by atoms with Crippen molar-refractivity contribution in [1.82, 2.24) is 20.0 Å². The van der Waals surface area contributed by atoms with Gasteiger partial charge in [0.05, 0.1) is 6.54 Å². The predicted molar refractivity (Wildman–Crippen MR) is 64.8 cm³/mol. The first kappa shape index (κ1) is 11.6. The van der Waals surface area contributed by atoms with Crippen LogP contribution in [0.1, 0.15) is 38.4 Å². The molecule has 1 aromatic heterocycles. The van der Waals surface area contributed by atoms with E-state index in [1.807, 2.05) is 6.20 Å². The molecule has 0 saturated carbocycles. The van der Waals surface area contributed by atoms with Crippen molar-refractivity contribution < 1.29 is 0 Å². The molecule has 0 aromatic carbocycles. The Bertz CT molecular complexity index is 302. The molecule has 1 N–H and O–H groups in total. The van der Waals surface area contributed by atoms with Gasteiger partial charge < -0.3 is 4.57 Å². The molecule has 0 spiro atoms. The molecule has 90 valence electrons. The number of hydrazine groups is 1. The second-order valence-electron chi connectivity index (χ2n) is 4.42. The van der Waals surface area contributed by atoms with Crippen LogP contribution in [-0.4, -0.2) is 27.6 Å². The van der Waals surface area contributed by atoms with E-state index in [1.54, 1.807) is 0 Å². The summed E-state index contributed by atoms with van der Waals surface area (Å²) < 4.78 is 2.23. The zero-order valence-electron chi connectivity index (χ0n) is 10.2. The average molecular weight is 222 g/mol. The Hall–Kier alpha value is -0.870. The fourth-order valence-corrected chi connectivity index (χ4v) is 2.19. The molecule has 0 aliphatic carbocycles. The molecule has 0 unspecified atom stereocenters. The summed E-state index contributed by atoms with van der Waals surface area (Å²) >= 11 is 0. The summed E-state index contributed by atoms with van der Waals surface area (Å²) in [4.78, 5) is 4.39. The van der Waals surface area contributed by atoms with Gasteiger partial charge in [0.25, 0.3) is 0 Å². The highest BCUT2D eigenvalue weighted by molar-refractivity contribution is 4.91. The number of rotatable bonds is 5. The van der Waals surface area contributed by atoms with E-state index in [-0.39, 0.29) is 0 Å². The molecule has 2 heterocycles. The molecular weight excluding hydrogens is 200 g/mol. The van der Waals surface area contributed by atoms with Gasteiger partial charge in [-0.2, -0.15) is 0 Å². The van der Waals surface area contributed by atoms with Crippen LogP contribution in [0, 0.1) is 0 Å². The summed E-state index contributed by atoms with van der Waals surface area (Å²) in [5, 5.41) is 2.33. The second-order valence-corrected chi connectivity index (χ2v) is 4.42. The molecule has 4 heteroatoms. The fourth-order valence-electron chi connectivity index (χ4n) is 2.19. The van der Waals surface area contributed by atoms with Gasteiger partial charge in [0.15, 0.2) is 0 Å². The lowest BCUT2D eigenvalue weighted by molar-refractivity contribution is 0.148. The molecule has 1 aliphatic rings. The number of hydrogen-bond acceptors (Lipinski definition) is 3. The molecule has 16 heavy (non-hydrogen) atoms. The standard InChI is InChI=1S/C12H22N4/c1-2-7-15-10-6-13-12(15)11-14-16-8-4-3-5-9-16/h6,10,14H,2-5,7-9,11H2,1H3. The van der Waals surface area contributed by atoms with Crippen LogP contribution in [0.3, 0.4) is 0 Å². The van der Waals surface area contributed by atoms with Crippen molar-refractivity contribution in [3.63, 3.8) is 0 Å². The van der Waals surface area contributed by atoms with E-state index in [4.69, 9.17) is 0 Å². The van der Waals surface area contributed by atoms with E-state index in [2.05, 4.69) is 33.1 Å². The van der Waals surface area contributed by atoms with Gasteiger partial charge in [0.1, 0.15) is 5.82 Å². The molecule has 0 bridgehead atoms. The van der Waals surface area contributed by atoms with E-state index in [0.29, 0.717) is 0 Å². The third-order valence-corrected chi connectivity index (χ3v) is 3.08. The number of nitrogens with one attached hydrogen (secondary N) is 1. The van der Waals surface area contributed by atoms with Crippen molar-refractivity contribution in [2.24, 2.45) is 0 Å². The Morgan fingerprint density at radius 3 is 2.88 bits per heavy atom. The topological polar surface area (TPSA) is 33.1 Å². The van der Waals surface area contributed by atoms with Crippen molar-refractivity contribution in [3.8, 4) is 0 Å². The minimum atomic E-state index is 0.854. The van der Waals surface area contributed by atoms with Crippen LogP contribution in [0.25, 0.3) is 0 Å². The molecule has 1 aliphatic heterocycles. The van der Waals surface area contributed by atoms with E-state index in [1.165, 1.54) is 32.4 Å². The molecular formula is C12H22N4. The minimum Gasteiger partial charge on any atom is -0.334 e. The molecule has 0 atom stereocenters. The molecule has 1 fully saturated rings. The summed E-state index contributed by atoms with van der Waals surface area (Å²) in [5.74, 6) is 1.15. The van der Waals surface area contributed by atoms with Crippen LogP contribution in [0.15, 0.2) is 12.4 Å². The van der Waals surface area contributed by atoms with E-state index in [0.717, 1.165) is 25.3 Å². The maximum Gasteiger partial charge on any atom is 0.124 e. The minimum absolute atomic E-state index is 0.854. The summed E-state index contributed by atoms with van der Waals surface area (Å²) in [6.07, 6.45) is 9.13. The lowest BCUT2D eigenvalue weighted by Gasteiger charge is -2.27. The van der Waals surface area contributed by atoms with Gasteiger partial charge in [-0.25, -0.2) is 15.4 Å². The summed E-state index contributed by atoms with van der Waals surface area (Å²) in [7, 11) is 0. The largest absolute Gasteiger partial charge is 0.334 e. The maximum absolute atomic E-state index is 4.39. The third-order valence-electron chi connectivity index (χ3n) is 3.08.